The molecule has 0 radical (unpaired) electrons. The van der Waals surface area contributed by atoms with Gasteiger partial charge in [-0.05, 0) is 24.0 Å². The highest BCUT2D eigenvalue weighted by Crippen LogP contribution is 2.22. The first kappa shape index (κ1) is 17.3. The lowest BCUT2D eigenvalue weighted by molar-refractivity contribution is -0.136. The molecule has 0 aromatic carbocycles. The van der Waals surface area contributed by atoms with Crippen molar-refractivity contribution in [3.8, 4) is 11.5 Å². The largest absolute Gasteiger partial charge is 0.335 e. The Kier molecular flexibility index (Phi) is 4.43. The Hall–Kier alpha value is -2.54. The SMILES string of the molecule is CC(C)(C)[C@H](N)C(=O)N1CCc2c(nc(-c3ccccn3)[nH]c2=O)C1. The molecule has 0 bridgehead atoms. The molecule has 7 nitrogen and oxygen atoms in total. The third-order valence-corrected chi connectivity index (χ3v) is 4.49. The minimum absolute atomic E-state index is 0.111. The summed E-state index contributed by atoms with van der Waals surface area (Å²) in [5, 5.41) is 0. The van der Waals surface area contributed by atoms with E-state index in [0.29, 0.717) is 42.3 Å². The third kappa shape index (κ3) is 3.46. The van der Waals surface area contributed by atoms with E-state index in [9.17, 15) is 9.59 Å². The van der Waals surface area contributed by atoms with Gasteiger partial charge >= 0.3 is 0 Å². The highest BCUT2D eigenvalue weighted by molar-refractivity contribution is 5.82. The first-order valence-electron chi connectivity index (χ1n) is 8.35. The van der Waals surface area contributed by atoms with E-state index >= 15 is 0 Å². The number of nitrogens with two attached hydrogens (primary N) is 1. The van der Waals surface area contributed by atoms with E-state index in [-0.39, 0.29) is 16.9 Å². The van der Waals surface area contributed by atoms with Crippen molar-refractivity contribution < 1.29 is 4.79 Å². The van der Waals surface area contributed by atoms with E-state index in [1.807, 2.05) is 26.8 Å². The van der Waals surface area contributed by atoms with Crippen LogP contribution < -0.4 is 11.3 Å². The summed E-state index contributed by atoms with van der Waals surface area (Å²) in [5.41, 5.74) is 7.46. The number of pyridine rings is 1. The zero-order valence-electron chi connectivity index (χ0n) is 14.7. The summed E-state index contributed by atoms with van der Waals surface area (Å²) in [6.07, 6.45) is 2.12. The van der Waals surface area contributed by atoms with Crippen LogP contribution >= 0.6 is 0 Å². The second-order valence-corrected chi connectivity index (χ2v) is 7.41. The summed E-state index contributed by atoms with van der Waals surface area (Å²) < 4.78 is 0. The molecule has 0 saturated carbocycles. The van der Waals surface area contributed by atoms with Gasteiger partial charge in [0.15, 0.2) is 5.82 Å². The van der Waals surface area contributed by atoms with E-state index in [4.69, 9.17) is 5.73 Å². The summed E-state index contributed by atoms with van der Waals surface area (Å²) in [6.45, 7) is 6.59. The molecule has 2 aromatic heterocycles. The van der Waals surface area contributed by atoms with Crippen molar-refractivity contribution in [3.63, 3.8) is 0 Å². The maximum Gasteiger partial charge on any atom is 0.254 e. The second-order valence-electron chi connectivity index (χ2n) is 7.41. The maximum atomic E-state index is 12.7. The van der Waals surface area contributed by atoms with E-state index in [1.54, 1.807) is 23.2 Å². The first-order chi connectivity index (χ1) is 11.8. The molecule has 3 heterocycles. The molecular formula is C18H23N5O2. The fourth-order valence-electron chi connectivity index (χ4n) is 2.82. The highest BCUT2D eigenvalue weighted by Gasteiger charge is 2.33. The Balaban J connectivity index is 1.91. The Morgan fingerprint density at radius 2 is 2.12 bits per heavy atom. The van der Waals surface area contributed by atoms with Gasteiger partial charge in [0.05, 0.1) is 18.3 Å². The Morgan fingerprint density at radius 3 is 2.76 bits per heavy atom. The Labute approximate surface area is 146 Å². The van der Waals surface area contributed by atoms with Crippen LogP contribution in [0.5, 0.6) is 0 Å². The molecule has 0 unspecified atom stereocenters. The minimum Gasteiger partial charge on any atom is -0.335 e. The van der Waals surface area contributed by atoms with Gasteiger partial charge in [0.2, 0.25) is 5.91 Å². The van der Waals surface area contributed by atoms with Gasteiger partial charge in [-0.3, -0.25) is 14.6 Å². The van der Waals surface area contributed by atoms with Crippen LogP contribution in [-0.2, 0) is 17.8 Å². The molecule has 25 heavy (non-hydrogen) atoms. The topological polar surface area (TPSA) is 105 Å². The number of hydrogen-bond acceptors (Lipinski definition) is 5. The lowest BCUT2D eigenvalue weighted by atomic mass is 9.86. The van der Waals surface area contributed by atoms with Gasteiger partial charge in [-0.15, -0.1) is 0 Å². The monoisotopic (exact) mass is 341 g/mol. The lowest BCUT2D eigenvalue weighted by Crippen LogP contribution is -2.52. The summed E-state index contributed by atoms with van der Waals surface area (Å²) in [6, 6.07) is 4.83. The normalized spacial score (nSPS) is 15.6. The zero-order chi connectivity index (χ0) is 18.2. The molecule has 7 heteroatoms. The fourth-order valence-corrected chi connectivity index (χ4v) is 2.82. The Bertz CT molecular complexity index is 839. The van der Waals surface area contributed by atoms with Crippen LogP contribution in [0.15, 0.2) is 29.2 Å². The van der Waals surface area contributed by atoms with Crippen molar-refractivity contribution >= 4 is 5.91 Å². The van der Waals surface area contributed by atoms with Crippen molar-refractivity contribution in [1.82, 2.24) is 19.9 Å². The van der Waals surface area contributed by atoms with Crippen molar-refractivity contribution in [2.24, 2.45) is 11.1 Å². The first-order valence-corrected chi connectivity index (χ1v) is 8.35. The van der Waals surface area contributed by atoms with E-state index < -0.39 is 6.04 Å². The molecule has 1 aliphatic rings. The van der Waals surface area contributed by atoms with Gasteiger partial charge in [0, 0.05) is 18.3 Å². The standard InChI is InChI=1S/C18H23N5O2/c1-18(2,3)14(19)17(25)23-9-7-11-13(10-23)21-15(22-16(11)24)12-6-4-5-8-20-12/h4-6,8,14H,7,9-10,19H2,1-3H3,(H,21,22,24)/t14-/m1/s1. The number of nitrogens with one attached hydrogen (secondary N) is 1. The van der Waals surface area contributed by atoms with Crippen LogP contribution in [0, 0.1) is 5.41 Å². The zero-order valence-corrected chi connectivity index (χ0v) is 14.7. The molecule has 0 spiro atoms. The van der Waals surface area contributed by atoms with Crippen molar-refractivity contribution in [2.45, 2.75) is 39.8 Å². The number of hydrogen-bond donors (Lipinski definition) is 2. The maximum absolute atomic E-state index is 12.7. The van der Waals surface area contributed by atoms with Crippen LogP contribution in [0.4, 0.5) is 0 Å². The molecule has 2 aromatic rings. The van der Waals surface area contributed by atoms with Crippen molar-refractivity contribution in [3.05, 3.63) is 46.0 Å². The molecule has 1 aliphatic heterocycles. The number of carbonyl (C=O) groups is 1. The average molecular weight is 341 g/mol. The predicted octanol–water partition coefficient (Wildman–Crippen LogP) is 1.09. The van der Waals surface area contributed by atoms with Gasteiger partial charge in [0.25, 0.3) is 5.56 Å². The summed E-state index contributed by atoms with van der Waals surface area (Å²) in [7, 11) is 0. The van der Waals surface area contributed by atoms with Crippen molar-refractivity contribution in [2.75, 3.05) is 6.54 Å². The molecule has 0 saturated heterocycles. The average Bonchev–Trinajstić information content (AvgIpc) is 2.59. The summed E-state index contributed by atoms with van der Waals surface area (Å²) in [4.78, 5) is 38.3. The highest BCUT2D eigenvalue weighted by atomic mass is 16.2. The Morgan fingerprint density at radius 1 is 1.36 bits per heavy atom. The molecule has 0 fully saturated rings. The van der Waals surface area contributed by atoms with Gasteiger partial charge in [0.1, 0.15) is 5.69 Å². The molecule has 3 rings (SSSR count). The fraction of sp³-hybridized carbons (Fsp3) is 0.444. The summed E-state index contributed by atoms with van der Waals surface area (Å²) in [5.74, 6) is 0.304. The molecule has 1 atom stereocenters. The summed E-state index contributed by atoms with van der Waals surface area (Å²) >= 11 is 0. The van der Waals surface area contributed by atoms with Crippen LogP contribution in [0.1, 0.15) is 32.0 Å². The third-order valence-electron chi connectivity index (χ3n) is 4.49. The smallest absolute Gasteiger partial charge is 0.254 e. The predicted molar refractivity (Wildman–Crippen MR) is 94.6 cm³/mol. The molecule has 132 valence electrons. The number of nitrogens with zero attached hydrogens (tertiary/aromatic N) is 3. The molecule has 1 amide bonds. The number of H-pyrrole nitrogens is 1. The number of rotatable bonds is 2. The number of carbonyl (C=O) groups excluding carboxylic acids is 1. The van der Waals surface area contributed by atoms with Gasteiger partial charge < -0.3 is 15.6 Å². The van der Waals surface area contributed by atoms with Gasteiger partial charge in [-0.2, -0.15) is 0 Å². The molecular weight excluding hydrogens is 318 g/mol. The van der Waals surface area contributed by atoms with Crippen LogP contribution in [0.25, 0.3) is 11.5 Å². The number of aromatic nitrogens is 3. The quantitative estimate of drug-likeness (QED) is 0.851. The van der Waals surface area contributed by atoms with Crippen LogP contribution in [0.2, 0.25) is 0 Å². The van der Waals surface area contributed by atoms with E-state index in [2.05, 4.69) is 15.0 Å². The van der Waals surface area contributed by atoms with Gasteiger partial charge in [-0.25, -0.2) is 4.98 Å². The number of amides is 1. The number of fused-ring (bicyclic) bond motifs is 1. The molecule has 0 aliphatic carbocycles. The molecule has 3 N–H and O–H groups in total. The van der Waals surface area contributed by atoms with Crippen LogP contribution in [0.3, 0.4) is 0 Å². The van der Waals surface area contributed by atoms with Crippen molar-refractivity contribution in [1.29, 1.82) is 0 Å². The minimum atomic E-state index is -0.591. The van der Waals surface area contributed by atoms with E-state index in [0.717, 1.165) is 0 Å². The number of aromatic amines is 1. The van der Waals surface area contributed by atoms with E-state index in [1.165, 1.54) is 0 Å². The van der Waals surface area contributed by atoms with Crippen LogP contribution in [-0.4, -0.2) is 38.3 Å². The van der Waals surface area contributed by atoms with Gasteiger partial charge in [-0.1, -0.05) is 26.8 Å². The second kappa shape index (κ2) is 6.40. The lowest BCUT2D eigenvalue weighted by Gasteiger charge is -2.34.